The first kappa shape index (κ1) is 8.57. The van der Waals surface area contributed by atoms with Crippen LogP contribution in [0.2, 0.25) is 0 Å². The van der Waals surface area contributed by atoms with E-state index in [2.05, 4.69) is 4.98 Å². The van der Waals surface area contributed by atoms with Gasteiger partial charge in [0.2, 0.25) is 0 Å². The number of aromatic nitrogens is 1. The second kappa shape index (κ2) is 3.38. The Hall–Kier alpha value is -2.02. The van der Waals surface area contributed by atoms with Crippen LogP contribution >= 0.6 is 0 Å². The van der Waals surface area contributed by atoms with Crippen molar-refractivity contribution in [3.8, 4) is 6.19 Å². The van der Waals surface area contributed by atoms with Crippen molar-refractivity contribution in [2.24, 2.45) is 0 Å². The smallest absolute Gasteiger partial charge is 0.181 e. The Morgan fingerprint density at radius 2 is 2.43 bits per heavy atom. The fourth-order valence-electron chi connectivity index (χ4n) is 1.31. The lowest BCUT2D eigenvalue weighted by atomic mass is 10.2. The summed E-state index contributed by atoms with van der Waals surface area (Å²) >= 11 is 0. The van der Waals surface area contributed by atoms with Gasteiger partial charge in [-0.2, -0.15) is 5.26 Å². The summed E-state index contributed by atoms with van der Waals surface area (Å²) in [4.78, 5) is 5.57. The maximum atomic E-state index is 8.61. The van der Waals surface area contributed by atoms with Crippen molar-refractivity contribution < 1.29 is 4.42 Å². The Bertz CT molecular complexity index is 483. The zero-order valence-corrected chi connectivity index (χ0v) is 7.77. The van der Waals surface area contributed by atoms with Gasteiger partial charge in [-0.15, -0.1) is 0 Å². The van der Waals surface area contributed by atoms with E-state index in [4.69, 9.17) is 9.68 Å². The van der Waals surface area contributed by atoms with Gasteiger partial charge in [-0.3, -0.25) is 0 Å². The largest absolute Gasteiger partial charge is 0.443 e. The Balaban J connectivity index is 2.31. The van der Waals surface area contributed by atoms with Crippen molar-refractivity contribution in [3.63, 3.8) is 0 Å². The van der Waals surface area contributed by atoms with Crippen LogP contribution in [0.1, 0.15) is 5.56 Å². The van der Waals surface area contributed by atoms with Gasteiger partial charge in [0.1, 0.15) is 5.52 Å². The topological polar surface area (TPSA) is 53.1 Å². The maximum Gasteiger partial charge on any atom is 0.181 e. The molecule has 0 saturated carbocycles. The van der Waals surface area contributed by atoms with Crippen molar-refractivity contribution >= 4 is 11.1 Å². The molecule has 0 aliphatic rings. The zero-order valence-electron chi connectivity index (χ0n) is 7.77. The van der Waals surface area contributed by atoms with E-state index < -0.39 is 0 Å². The molecule has 0 bridgehead atoms. The monoisotopic (exact) mass is 187 g/mol. The molecule has 70 valence electrons. The highest BCUT2D eigenvalue weighted by atomic mass is 16.3. The lowest BCUT2D eigenvalue weighted by molar-refractivity contribution is 0.469. The molecule has 0 radical (unpaired) electrons. The number of fused-ring (bicyclic) bond motifs is 1. The van der Waals surface area contributed by atoms with Crippen molar-refractivity contribution in [1.29, 1.82) is 5.26 Å². The molecule has 0 aliphatic carbocycles. The van der Waals surface area contributed by atoms with Crippen molar-refractivity contribution in [3.05, 3.63) is 30.2 Å². The average Bonchev–Trinajstić information content (AvgIpc) is 2.64. The third kappa shape index (κ3) is 1.52. The highest BCUT2D eigenvalue weighted by Gasteiger charge is 2.01. The maximum absolute atomic E-state index is 8.61. The molecule has 0 unspecified atom stereocenters. The van der Waals surface area contributed by atoms with Gasteiger partial charge in [-0.05, 0) is 17.7 Å². The minimum atomic E-state index is 0.590. The molecule has 0 atom stereocenters. The third-order valence-electron chi connectivity index (χ3n) is 1.99. The van der Waals surface area contributed by atoms with Crippen LogP contribution in [0.5, 0.6) is 0 Å². The van der Waals surface area contributed by atoms with Gasteiger partial charge in [0, 0.05) is 7.05 Å². The second-order valence-electron chi connectivity index (χ2n) is 3.11. The molecule has 4 heteroatoms. The van der Waals surface area contributed by atoms with E-state index >= 15 is 0 Å². The van der Waals surface area contributed by atoms with E-state index in [1.165, 1.54) is 6.39 Å². The molecule has 0 fully saturated rings. The first-order valence-corrected chi connectivity index (χ1v) is 4.22. The minimum absolute atomic E-state index is 0.590. The van der Waals surface area contributed by atoms with Gasteiger partial charge in [0.25, 0.3) is 0 Å². The number of rotatable bonds is 2. The molecule has 0 spiro atoms. The van der Waals surface area contributed by atoms with Crippen LogP contribution in [0.4, 0.5) is 0 Å². The number of hydrogen-bond donors (Lipinski definition) is 0. The van der Waals surface area contributed by atoms with Crippen molar-refractivity contribution in [1.82, 2.24) is 9.88 Å². The molecule has 2 rings (SSSR count). The first-order valence-electron chi connectivity index (χ1n) is 4.22. The Labute approximate surface area is 81.4 Å². The Kier molecular flexibility index (Phi) is 2.07. The minimum Gasteiger partial charge on any atom is -0.443 e. The zero-order chi connectivity index (χ0) is 9.97. The molecule has 2 aromatic rings. The molecule has 1 aromatic heterocycles. The summed E-state index contributed by atoms with van der Waals surface area (Å²) in [6, 6.07) is 5.73. The van der Waals surface area contributed by atoms with Crippen LogP contribution < -0.4 is 0 Å². The van der Waals surface area contributed by atoms with E-state index in [0.717, 1.165) is 16.7 Å². The van der Waals surface area contributed by atoms with Gasteiger partial charge >= 0.3 is 0 Å². The fraction of sp³-hybridized carbons (Fsp3) is 0.200. The van der Waals surface area contributed by atoms with E-state index in [1.807, 2.05) is 24.4 Å². The molecule has 4 nitrogen and oxygen atoms in total. The van der Waals surface area contributed by atoms with Crippen LogP contribution in [0, 0.1) is 11.5 Å². The van der Waals surface area contributed by atoms with Crippen LogP contribution in [0.15, 0.2) is 29.0 Å². The molecule has 1 heterocycles. The van der Waals surface area contributed by atoms with Gasteiger partial charge in [0.05, 0.1) is 6.54 Å². The number of oxazole rings is 1. The average molecular weight is 187 g/mol. The SMILES string of the molecule is CN(C#N)Cc1ccc2ncoc2c1. The summed E-state index contributed by atoms with van der Waals surface area (Å²) in [6.45, 7) is 0.590. The molecule has 0 saturated heterocycles. The summed E-state index contributed by atoms with van der Waals surface area (Å²) in [5, 5.41) is 8.61. The van der Waals surface area contributed by atoms with Crippen LogP contribution in [-0.2, 0) is 6.54 Å². The van der Waals surface area contributed by atoms with Crippen LogP contribution in [-0.4, -0.2) is 16.9 Å². The van der Waals surface area contributed by atoms with Crippen LogP contribution in [0.3, 0.4) is 0 Å². The Morgan fingerprint density at radius 1 is 1.57 bits per heavy atom. The summed E-state index contributed by atoms with van der Waals surface area (Å²) in [5.41, 5.74) is 2.64. The predicted octanol–water partition coefficient (Wildman–Crippen LogP) is 1.74. The molecule has 0 N–H and O–H groups in total. The highest BCUT2D eigenvalue weighted by molar-refractivity contribution is 5.72. The fourth-order valence-corrected chi connectivity index (χ4v) is 1.31. The van der Waals surface area contributed by atoms with Gasteiger partial charge in [-0.25, -0.2) is 4.98 Å². The Morgan fingerprint density at radius 3 is 3.21 bits per heavy atom. The quantitative estimate of drug-likeness (QED) is 0.530. The van der Waals surface area contributed by atoms with E-state index in [0.29, 0.717) is 6.54 Å². The second-order valence-corrected chi connectivity index (χ2v) is 3.11. The summed E-state index contributed by atoms with van der Waals surface area (Å²) in [5.74, 6) is 0. The molecular formula is C10H9N3O. The summed E-state index contributed by atoms with van der Waals surface area (Å²) in [6.07, 6.45) is 3.46. The number of hydrogen-bond acceptors (Lipinski definition) is 4. The third-order valence-corrected chi connectivity index (χ3v) is 1.99. The molecule has 14 heavy (non-hydrogen) atoms. The molecule has 1 aromatic carbocycles. The van der Waals surface area contributed by atoms with Crippen LogP contribution in [0.25, 0.3) is 11.1 Å². The molecule has 0 aliphatic heterocycles. The van der Waals surface area contributed by atoms with E-state index in [9.17, 15) is 0 Å². The number of nitriles is 1. The van der Waals surface area contributed by atoms with Crippen molar-refractivity contribution in [2.75, 3.05) is 7.05 Å². The van der Waals surface area contributed by atoms with Gasteiger partial charge in [-0.1, -0.05) is 6.07 Å². The van der Waals surface area contributed by atoms with E-state index in [-0.39, 0.29) is 0 Å². The highest BCUT2D eigenvalue weighted by Crippen LogP contribution is 2.14. The van der Waals surface area contributed by atoms with Gasteiger partial charge < -0.3 is 9.32 Å². The summed E-state index contributed by atoms with van der Waals surface area (Å²) in [7, 11) is 1.74. The molecule has 0 amide bonds. The normalized spacial score (nSPS) is 10.0. The number of benzene rings is 1. The lowest BCUT2D eigenvalue weighted by Gasteiger charge is -2.07. The predicted molar refractivity (Wildman–Crippen MR) is 51.1 cm³/mol. The number of nitrogens with zero attached hydrogens (tertiary/aromatic N) is 3. The van der Waals surface area contributed by atoms with Gasteiger partial charge in [0.15, 0.2) is 18.2 Å². The molecular weight excluding hydrogens is 178 g/mol. The lowest BCUT2D eigenvalue weighted by Crippen LogP contribution is -2.09. The van der Waals surface area contributed by atoms with E-state index in [1.54, 1.807) is 11.9 Å². The summed E-state index contributed by atoms with van der Waals surface area (Å²) < 4.78 is 5.16. The standard InChI is InChI=1S/C10H9N3O/c1-13(6-11)5-8-2-3-9-10(4-8)14-7-12-9/h2-4,7H,5H2,1H3. The first-order chi connectivity index (χ1) is 6.79. The van der Waals surface area contributed by atoms with Crippen molar-refractivity contribution in [2.45, 2.75) is 6.54 Å².